The van der Waals surface area contributed by atoms with E-state index < -0.39 is 10.2 Å². The van der Waals surface area contributed by atoms with Gasteiger partial charge in [-0.3, -0.25) is 0 Å². The van der Waals surface area contributed by atoms with Crippen molar-refractivity contribution in [2.24, 2.45) is 5.92 Å². The van der Waals surface area contributed by atoms with Gasteiger partial charge in [0.1, 0.15) is 5.75 Å². The third-order valence-electron chi connectivity index (χ3n) is 5.31. The molecule has 0 aromatic heterocycles. The SMILES string of the molecule is COc1ccc([C@H]2CCN(S(=O)(=O)N(C)[C@H](C)C3CC3)C2)cc1. The topological polar surface area (TPSA) is 49.9 Å². The number of benzene rings is 1. The summed E-state index contributed by atoms with van der Waals surface area (Å²) in [5, 5.41) is 0. The first kappa shape index (κ1) is 16.7. The Labute approximate surface area is 139 Å². The van der Waals surface area contributed by atoms with E-state index in [-0.39, 0.29) is 12.0 Å². The van der Waals surface area contributed by atoms with Crippen molar-refractivity contribution in [2.75, 3.05) is 27.2 Å². The second-order valence-corrected chi connectivity index (χ2v) is 8.71. The first-order valence-corrected chi connectivity index (χ1v) is 9.70. The van der Waals surface area contributed by atoms with Crippen LogP contribution in [-0.4, -0.2) is 50.3 Å². The average Bonchev–Trinajstić information content (AvgIpc) is 3.29. The zero-order chi connectivity index (χ0) is 16.6. The van der Waals surface area contributed by atoms with E-state index in [0.29, 0.717) is 19.0 Å². The van der Waals surface area contributed by atoms with Crippen LogP contribution in [0.5, 0.6) is 5.75 Å². The van der Waals surface area contributed by atoms with Gasteiger partial charge in [0.15, 0.2) is 0 Å². The Kier molecular flexibility index (Phi) is 4.67. The van der Waals surface area contributed by atoms with Crippen LogP contribution in [0.15, 0.2) is 24.3 Å². The summed E-state index contributed by atoms with van der Waals surface area (Å²) in [7, 11) is 0.0151. The summed E-state index contributed by atoms with van der Waals surface area (Å²) in [6, 6.07) is 8.05. The lowest BCUT2D eigenvalue weighted by molar-refractivity contribution is 0.322. The average molecular weight is 338 g/mol. The Morgan fingerprint density at radius 3 is 2.43 bits per heavy atom. The smallest absolute Gasteiger partial charge is 0.281 e. The van der Waals surface area contributed by atoms with Crippen LogP contribution in [0.3, 0.4) is 0 Å². The van der Waals surface area contributed by atoms with Gasteiger partial charge in [-0.25, -0.2) is 0 Å². The number of rotatable bonds is 6. The molecule has 3 rings (SSSR count). The molecule has 0 N–H and O–H groups in total. The van der Waals surface area contributed by atoms with E-state index in [1.165, 1.54) is 5.56 Å². The molecule has 0 radical (unpaired) electrons. The molecular weight excluding hydrogens is 312 g/mol. The van der Waals surface area contributed by atoms with Crippen molar-refractivity contribution in [3.8, 4) is 5.75 Å². The number of hydrogen-bond donors (Lipinski definition) is 0. The maximum Gasteiger partial charge on any atom is 0.281 e. The molecule has 1 aromatic rings. The van der Waals surface area contributed by atoms with Crippen molar-refractivity contribution < 1.29 is 13.2 Å². The maximum absolute atomic E-state index is 12.8. The fourth-order valence-corrected chi connectivity index (χ4v) is 5.01. The molecule has 1 aliphatic carbocycles. The van der Waals surface area contributed by atoms with Crippen LogP contribution in [-0.2, 0) is 10.2 Å². The number of hydrogen-bond acceptors (Lipinski definition) is 3. The summed E-state index contributed by atoms with van der Waals surface area (Å²) in [6.07, 6.45) is 3.17. The van der Waals surface area contributed by atoms with Gasteiger partial charge in [-0.05, 0) is 55.7 Å². The van der Waals surface area contributed by atoms with Crippen molar-refractivity contribution in [1.82, 2.24) is 8.61 Å². The van der Waals surface area contributed by atoms with E-state index in [9.17, 15) is 8.42 Å². The summed E-state index contributed by atoms with van der Waals surface area (Å²) >= 11 is 0. The molecule has 1 aliphatic heterocycles. The molecule has 1 aromatic carbocycles. The van der Waals surface area contributed by atoms with Crippen molar-refractivity contribution in [3.63, 3.8) is 0 Å². The van der Waals surface area contributed by atoms with Crippen molar-refractivity contribution in [2.45, 2.75) is 38.1 Å². The minimum atomic E-state index is -3.35. The normalized spacial score (nSPS) is 24.1. The summed E-state index contributed by atoms with van der Waals surface area (Å²) < 4.78 is 34.0. The first-order chi connectivity index (χ1) is 10.9. The Bertz CT molecular complexity index is 640. The highest BCUT2D eigenvalue weighted by Crippen LogP contribution is 2.37. The number of nitrogens with zero attached hydrogens (tertiary/aromatic N) is 2. The lowest BCUT2D eigenvalue weighted by atomic mass is 9.99. The van der Waals surface area contributed by atoms with Crippen LogP contribution in [0.1, 0.15) is 37.7 Å². The highest BCUT2D eigenvalue weighted by atomic mass is 32.2. The molecule has 5 nitrogen and oxygen atoms in total. The molecule has 0 spiro atoms. The van der Waals surface area contributed by atoms with E-state index in [1.54, 1.807) is 22.8 Å². The third kappa shape index (κ3) is 3.39. The maximum atomic E-state index is 12.8. The van der Waals surface area contributed by atoms with Gasteiger partial charge in [0.25, 0.3) is 10.2 Å². The summed E-state index contributed by atoms with van der Waals surface area (Å²) in [5.74, 6) is 1.63. The fraction of sp³-hybridized carbons (Fsp3) is 0.647. The molecule has 23 heavy (non-hydrogen) atoms. The monoisotopic (exact) mass is 338 g/mol. The van der Waals surface area contributed by atoms with Gasteiger partial charge in [-0.1, -0.05) is 12.1 Å². The van der Waals surface area contributed by atoms with Gasteiger partial charge in [-0.2, -0.15) is 17.0 Å². The van der Waals surface area contributed by atoms with E-state index in [0.717, 1.165) is 25.0 Å². The molecule has 128 valence electrons. The number of methoxy groups -OCH3 is 1. The Balaban J connectivity index is 1.68. The summed E-state index contributed by atoms with van der Waals surface area (Å²) in [4.78, 5) is 0. The molecule has 1 saturated heterocycles. The molecule has 0 unspecified atom stereocenters. The predicted octanol–water partition coefficient (Wildman–Crippen LogP) is 2.46. The van der Waals surface area contributed by atoms with E-state index in [2.05, 4.69) is 0 Å². The molecule has 2 aliphatic rings. The second-order valence-electron chi connectivity index (χ2n) is 6.72. The van der Waals surface area contributed by atoms with Crippen molar-refractivity contribution in [1.29, 1.82) is 0 Å². The van der Waals surface area contributed by atoms with Gasteiger partial charge in [0, 0.05) is 26.2 Å². The van der Waals surface area contributed by atoms with Crippen LogP contribution in [0.25, 0.3) is 0 Å². The molecule has 6 heteroatoms. The van der Waals surface area contributed by atoms with E-state index in [4.69, 9.17) is 4.74 Å². The van der Waals surface area contributed by atoms with Crippen LogP contribution in [0.2, 0.25) is 0 Å². The minimum Gasteiger partial charge on any atom is -0.497 e. The van der Waals surface area contributed by atoms with E-state index >= 15 is 0 Å². The van der Waals surface area contributed by atoms with E-state index in [1.807, 2.05) is 31.2 Å². The minimum absolute atomic E-state index is 0.0973. The zero-order valence-corrected chi connectivity index (χ0v) is 14.9. The number of ether oxygens (including phenoxy) is 1. The largest absolute Gasteiger partial charge is 0.497 e. The molecular formula is C17H26N2O3S. The van der Waals surface area contributed by atoms with Gasteiger partial charge >= 0.3 is 0 Å². The standard InChI is InChI=1S/C17H26N2O3S/c1-13(14-4-5-14)18(2)23(20,21)19-11-10-16(12-19)15-6-8-17(22-3)9-7-15/h6-9,13-14,16H,4-5,10-12H2,1-3H3/t13-,16+/m1/s1. The summed E-state index contributed by atoms with van der Waals surface area (Å²) in [6.45, 7) is 3.18. The summed E-state index contributed by atoms with van der Waals surface area (Å²) in [5.41, 5.74) is 1.18. The van der Waals surface area contributed by atoms with Gasteiger partial charge in [0.05, 0.1) is 7.11 Å². The van der Waals surface area contributed by atoms with Crippen LogP contribution in [0.4, 0.5) is 0 Å². The second kappa shape index (κ2) is 6.42. The Hall–Kier alpha value is -1.11. The highest BCUT2D eigenvalue weighted by molar-refractivity contribution is 7.86. The van der Waals surface area contributed by atoms with Crippen LogP contribution >= 0.6 is 0 Å². The lowest BCUT2D eigenvalue weighted by Gasteiger charge is -2.29. The Morgan fingerprint density at radius 2 is 1.87 bits per heavy atom. The molecule has 0 amide bonds. The fourth-order valence-electron chi connectivity index (χ4n) is 3.35. The molecule has 1 saturated carbocycles. The first-order valence-electron chi connectivity index (χ1n) is 8.30. The third-order valence-corrected chi connectivity index (χ3v) is 7.35. The van der Waals surface area contributed by atoms with Crippen molar-refractivity contribution in [3.05, 3.63) is 29.8 Å². The van der Waals surface area contributed by atoms with Gasteiger partial charge in [0.2, 0.25) is 0 Å². The van der Waals surface area contributed by atoms with Crippen molar-refractivity contribution >= 4 is 10.2 Å². The molecule has 2 fully saturated rings. The lowest BCUT2D eigenvalue weighted by Crippen LogP contribution is -2.45. The molecule has 1 heterocycles. The van der Waals surface area contributed by atoms with Gasteiger partial charge in [-0.15, -0.1) is 0 Å². The molecule has 0 bridgehead atoms. The molecule has 2 atom stereocenters. The predicted molar refractivity (Wildman–Crippen MR) is 90.8 cm³/mol. The van der Waals surface area contributed by atoms with Crippen LogP contribution in [0, 0.1) is 5.92 Å². The van der Waals surface area contributed by atoms with Crippen LogP contribution < -0.4 is 4.74 Å². The quantitative estimate of drug-likeness (QED) is 0.800. The van der Waals surface area contributed by atoms with Gasteiger partial charge < -0.3 is 4.74 Å². The highest BCUT2D eigenvalue weighted by Gasteiger charge is 2.40. The Morgan fingerprint density at radius 1 is 1.22 bits per heavy atom. The zero-order valence-electron chi connectivity index (χ0n) is 14.1.